The quantitative estimate of drug-likeness (QED) is 0.172. The van der Waals surface area contributed by atoms with Crippen molar-refractivity contribution < 1.29 is 19.1 Å². The summed E-state index contributed by atoms with van der Waals surface area (Å²) in [5, 5.41) is 6.70. The smallest absolute Gasteiger partial charge is 0.407 e. The molecule has 0 fully saturated rings. The maximum atomic E-state index is 12.8. The van der Waals surface area contributed by atoms with E-state index in [4.69, 9.17) is 9.47 Å². The third kappa shape index (κ3) is 8.80. The van der Waals surface area contributed by atoms with E-state index in [0.717, 1.165) is 29.6 Å². The standard InChI is InChI=1S/C26H25I2N3O4/c1-2-34-26(33)30-23(15-18-9-5-3-6-10-18)25(32)31-29-16-20-13-21(27)24(22(28)14-20)35-17-19-11-7-4-8-12-19/h3-14,16,23H,2,15,17H2,1H3,(H,30,33)(H,31,32)/b29-16-/t23-/m0/s1. The van der Waals surface area contributed by atoms with Gasteiger partial charge in [0.15, 0.2) is 0 Å². The topological polar surface area (TPSA) is 89.0 Å². The van der Waals surface area contributed by atoms with Crippen LogP contribution in [0.25, 0.3) is 0 Å². The van der Waals surface area contributed by atoms with Crippen LogP contribution >= 0.6 is 45.2 Å². The first-order valence-corrected chi connectivity index (χ1v) is 13.1. The summed E-state index contributed by atoms with van der Waals surface area (Å²) in [6.07, 6.45) is 1.22. The molecule has 0 aliphatic rings. The first-order chi connectivity index (χ1) is 17.0. The van der Waals surface area contributed by atoms with Crippen molar-refractivity contribution in [2.24, 2.45) is 5.10 Å². The van der Waals surface area contributed by atoms with Crippen molar-refractivity contribution in [3.05, 3.63) is 96.6 Å². The molecular weight excluding hydrogens is 672 g/mol. The highest BCUT2D eigenvalue weighted by atomic mass is 127. The number of nitrogens with zero attached hydrogens (tertiary/aromatic N) is 1. The van der Waals surface area contributed by atoms with E-state index in [1.165, 1.54) is 0 Å². The third-order valence-corrected chi connectivity index (χ3v) is 6.40. The number of hydrogen-bond donors (Lipinski definition) is 2. The van der Waals surface area contributed by atoms with Gasteiger partial charge in [-0.25, -0.2) is 10.2 Å². The van der Waals surface area contributed by atoms with Crippen molar-refractivity contribution >= 4 is 63.4 Å². The van der Waals surface area contributed by atoms with Crippen LogP contribution in [0.1, 0.15) is 23.6 Å². The van der Waals surface area contributed by atoms with Crippen LogP contribution < -0.4 is 15.5 Å². The molecule has 0 saturated carbocycles. The zero-order valence-corrected chi connectivity index (χ0v) is 23.4. The summed E-state index contributed by atoms with van der Waals surface area (Å²) in [6, 6.07) is 22.4. The molecule has 35 heavy (non-hydrogen) atoms. The Bertz CT molecular complexity index is 1130. The summed E-state index contributed by atoms with van der Waals surface area (Å²) in [7, 11) is 0. The average Bonchev–Trinajstić information content (AvgIpc) is 2.84. The molecule has 2 N–H and O–H groups in total. The van der Waals surface area contributed by atoms with Crippen LogP contribution in [0.15, 0.2) is 77.9 Å². The number of hydrazone groups is 1. The Morgan fingerprint density at radius 2 is 1.57 bits per heavy atom. The first-order valence-electron chi connectivity index (χ1n) is 10.9. The largest absolute Gasteiger partial charge is 0.487 e. The van der Waals surface area contributed by atoms with E-state index in [9.17, 15) is 9.59 Å². The van der Waals surface area contributed by atoms with E-state index in [1.807, 2.05) is 72.8 Å². The van der Waals surface area contributed by atoms with Crippen LogP contribution in [0.2, 0.25) is 0 Å². The molecular formula is C26H25I2N3O4. The second kappa shape index (κ2) is 14.0. The number of carbonyl (C=O) groups excluding carboxylic acids is 2. The molecule has 3 aromatic rings. The lowest BCUT2D eigenvalue weighted by Crippen LogP contribution is -2.47. The molecule has 182 valence electrons. The molecule has 1 atom stereocenters. The summed E-state index contributed by atoms with van der Waals surface area (Å²) in [6.45, 7) is 2.40. The van der Waals surface area contributed by atoms with Crippen LogP contribution in [0.4, 0.5) is 4.79 Å². The van der Waals surface area contributed by atoms with Gasteiger partial charge in [-0.05, 0) is 80.9 Å². The Hall–Kier alpha value is -2.67. The van der Waals surface area contributed by atoms with Crippen molar-refractivity contribution in [1.82, 2.24) is 10.7 Å². The Morgan fingerprint density at radius 3 is 2.17 bits per heavy atom. The van der Waals surface area contributed by atoms with E-state index in [-0.39, 0.29) is 6.61 Å². The highest BCUT2D eigenvalue weighted by molar-refractivity contribution is 14.1. The predicted molar refractivity (Wildman–Crippen MR) is 152 cm³/mol. The van der Waals surface area contributed by atoms with E-state index >= 15 is 0 Å². The molecule has 3 aromatic carbocycles. The number of hydrogen-bond acceptors (Lipinski definition) is 5. The monoisotopic (exact) mass is 697 g/mol. The summed E-state index contributed by atoms with van der Waals surface area (Å²) in [4.78, 5) is 24.7. The fourth-order valence-corrected chi connectivity index (χ4v) is 5.27. The van der Waals surface area contributed by atoms with Crippen LogP contribution in [-0.2, 0) is 22.6 Å². The zero-order chi connectivity index (χ0) is 25.0. The number of rotatable bonds is 10. The normalized spacial score (nSPS) is 11.6. The van der Waals surface area contributed by atoms with Crippen molar-refractivity contribution in [2.45, 2.75) is 26.0 Å². The van der Waals surface area contributed by atoms with E-state index in [1.54, 1.807) is 13.1 Å². The maximum absolute atomic E-state index is 12.8. The summed E-state index contributed by atoms with van der Waals surface area (Å²) < 4.78 is 12.8. The van der Waals surface area contributed by atoms with Gasteiger partial charge in [0.05, 0.1) is 20.0 Å². The van der Waals surface area contributed by atoms with Gasteiger partial charge in [-0.2, -0.15) is 5.10 Å². The van der Waals surface area contributed by atoms with Crippen molar-refractivity contribution in [3.63, 3.8) is 0 Å². The lowest BCUT2D eigenvalue weighted by molar-refractivity contribution is -0.123. The first kappa shape index (κ1) is 26.9. The number of amides is 2. The van der Waals surface area contributed by atoms with Gasteiger partial charge in [-0.3, -0.25) is 4.79 Å². The number of halogens is 2. The lowest BCUT2D eigenvalue weighted by atomic mass is 10.1. The van der Waals surface area contributed by atoms with E-state index in [0.29, 0.717) is 13.0 Å². The number of ether oxygens (including phenoxy) is 2. The molecule has 3 rings (SSSR count). The Kier molecular flexibility index (Phi) is 10.8. The van der Waals surface area contributed by atoms with Crippen LogP contribution in [-0.4, -0.2) is 30.9 Å². The minimum absolute atomic E-state index is 0.214. The van der Waals surface area contributed by atoms with Crippen LogP contribution in [0.3, 0.4) is 0 Å². The fourth-order valence-electron chi connectivity index (χ4n) is 3.14. The fraction of sp³-hybridized carbons (Fsp3) is 0.192. The number of nitrogens with one attached hydrogen (secondary N) is 2. The molecule has 9 heteroatoms. The number of alkyl carbamates (subject to hydrolysis) is 1. The molecule has 0 bridgehead atoms. The van der Waals surface area contributed by atoms with Crippen LogP contribution in [0, 0.1) is 7.14 Å². The van der Waals surface area contributed by atoms with Gasteiger partial charge in [0.2, 0.25) is 0 Å². The molecule has 0 unspecified atom stereocenters. The molecule has 0 aromatic heterocycles. The minimum atomic E-state index is -0.831. The molecule has 2 amide bonds. The molecule has 0 aliphatic carbocycles. The second-order valence-corrected chi connectivity index (χ2v) is 9.75. The summed E-state index contributed by atoms with van der Waals surface area (Å²) >= 11 is 4.45. The minimum Gasteiger partial charge on any atom is -0.487 e. The van der Waals surface area contributed by atoms with Gasteiger partial charge in [0, 0.05) is 6.42 Å². The van der Waals surface area contributed by atoms with Gasteiger partial charge < -0.3 is 14.8 Å². The molecule has 7 nitrogen and oxygen atoms in total. The van der Waals surface area contributed by atoms with Crippen molar-refractivity contribution in [1.29, 1.82) is 0 Å². The van der Waals surface area contributed by atoms with Gasteiger partial charge in [-0.15, -0.1) is 0 Å². The molecule has 0 heterocycles. The maximum Gasteiger partial charge on any atom is 0.407 e. The highest BCUT2D eigenvalue weighted by Crippen LogP contribution is 2.29. The molecule has 0 aliphatic heterocycles. The average molecular weight is 697 g/mol. The third-order valence-electron chi connectivity index (χ3n) is 4.80. The summed E-state index contributed by atoms with van der Waals surface area (Å²) in [5.41, 5.74) is 5.33. The Balaban J connectivity index is 1.64. The van der Waals surface area contributed by atoms with Crippen molar-refractivity contribution in [2.75, 3.05) is 6.61 Å². The molecule has 0 saturated heterocycles. The molecule has 0 spiro atoms. The highest BCUT2D eigenvalue weighted by Gasteiger charge is 2.21. The Morgan fingerprint density at radius 1 is 0.971 bits per heavy atom. The van der Waals surface area contributed by atoms with Crippen molar-refractivity contribution in [3.8, 4) is 5.75 Å². The number of benzene rings is 3. The van der Waals surface area contributed by atoms with Crippen LogP contribution in [0.5, 0.6) is 5.75 Å². The van der Waals surface area contributed by atoms with Gasteiger partial charge in [0.25, 0.3) is 5.91 Å². The van der Waals surface area contributed by atoms with Gasteiger partial charge in [-0.1, -0.05) is 60.7 Å². The summed E-state index contributed by atoms with van der Waals surface area (Å²) in [5.74, 6) is 0.364. The van der Waals surface area contributed by atoms with Gasteiger partial charge in [0.1, 0.15) is 18.4 Å². The molecule has 0 radical (unpaired) electrons. The Labute approximate surface area is 232 Å². The number of carbonyl (C=O) groups is 2. The SMILES string of the molecule is CCOC(=O)N[C@@H](Cc1ccccc1)C(=O)N/N=C\c1cc(I)c(OCc2ccccc2)c(I)c1. The second-order valence-electron chi connectivity index (χ2n) is 7.43. The zero-order valence-electron chi connectivity index (χ0n) is 19.0. The predicted octanol–water partition coefficient (Wildman–Crippen LogP) is 5.28. The van der Waals surface area contributed by atoms with E-state index in [2.05, 4.69) is 61.0 Å². The van der Waals surface area contributed by atoms with Gasteiger partial charge >= 0.3 is 6.09 Å². The van der Waals surface area contributed by atoms with E-state index < -0.39 is 18.0 Å². The lowest BCUT2D eigenvalue weighted by Gasteiger charge is -2.17.